The number of nitrogens with zero attached hydrogens (tertiary/aromatic N) is 2. The molecule has 4 aromatic rings. The minimum Gasteiger partial charge on any atom is -0.497 e. The molecular formula is C28H26FN3O6S. The molecule has 0 aliphatic carbocycles. The number of carbonyl (C=O) groups is 1. The first-order chi connectivity index (χ1) is 18.9. The number of hydrogen-bond donors (Lipinski definition) is 2. The Balaban J connectivity index is 1.54. The molecule has 0 spiro atoms. The molecule has 0 unspecified atom stereocenters. The average Bonchev–Trinajstić information content (AvgIpc) is 3.41. The van der Waals surface area contributed by atoms with Gasteiger partial charge in [-0.05, 0) is 72.3 Å². The maximum absolute atomic E-state index is 13.2. The van der Waals surface area contributed by atoms with Crippen LogP contribution in [0.4, 0.5) is 4.39 Å². The third-order valence-electron chi connectivity index (χ3n) is 5.37. The van der Waals surface area contributed by atoms with Crippen LogP contribution in [0.25, 0.3) is 17.5 Å². The van der Waals surface area contributed by atoms with Crippen LogP contribution in [0, 0.1) is 5.82 Å². The Morgan fingerprint density at radius 3 is 2.36 bits per heavy atom. The number of aliphatic carboxylic acids is 1. The van der Waals surface area contributed by atoms with Gasteiger partial charge in [0, 0.05) is 11.6 Å². The third-order valence-corrected chi connectivity index (χ3v) is 6.25. The number of thioether (sulfide) groups is 1. The van der Waals surface area contributed by atoms with Gasteiger partial charge in [-0.15, -0.1) is 5.10 Å². The molecule has 4 rings (SSSR count). The molecule has 0 radical (unpaired) electrons. The van der Waals surface area contributed by atoms with Gasteiger partial charge in [-0.3, -0.25) is 5.10 Å². The second-order valence-electron chi connectivity index (χ2n) is 8.04. The summed E-state index contributed by atoms with van der Waals surface area (Å²) in [5, 5.41) is 17.1. The van der Waals surface area contributed by atoms with Gasteiger partial charge in [0.05, 0.1) is 20.8 Å². The first-order valence-corrected chi connectivity index (χ1v) is 12.6. The molecule has 0 bridgehead atoms. The van der Waals surface area contributed by atoms with Crippen LogP contribution >= 0.6 is 11.8 Å². The number of H-pyrrole nitrogens is 1. The van der Waals surface area contributed by atoms with Gasteiger partial charge in [0.15, 0.2) is 17.3 Å². The van der Waals surface area contributed by atoms with Crippen molar-refractivity contribution in [2.75, 3.05) is 20.8 Å². The quantitative estimate of drug-likeness (QED) is 0.166. The highest BCUT2D eigenvalue weighted by molar-refractivity contribution is 8.04. The summed E-state index contributed by atoms with van der Waals surface area (Å²) in [4.78, 5) is 16.5. The molecule has 202 valence electrons. The van der Waals surface area contributed by atoms with E-state index in [1.54, 1.807) is 62.8 Å². The summed E-state index contributed by atoms with van der Waals surface area (Å²) in [6.45, 7) is 2.44. The van der Waals surface area contributed by atoms with E-state index >= 15 is 0 Å². The zero-order chi connectivity index (χ0) is 27.8. The van der Waals surface area contributed by atoms with E-state index in [1.807, 2.05) is 6.92 Å². The van der Waals surface area contributed by atoms with Crippen LogP contribution in [-0.2, 0) is 11.4 Å². The fraction of sp³-hybridized carbons (Fsp3) is 0.179. The predicted molar refractivity (Wildman–Crippen MR) is 145 cm³/mol. The van der Waals surface area contributed by atoms with E-state index < -0.39 is 5.97 Å². The summed E-state index contributed by atoms with van der Waals surface area (Å²) in [5.74, 6) is 1.07. The molecule has 39 heavy (non-hydrogen) atoms. The summed E-state index contributed by atoms with van der Waals surface area (Å²) in [5.41, 5.74) is 2.06. The van der Waals surface area contributed by atoms with Crippen LogP contribution in [0.15, 0.2) is 70.7 Å². The van der Waals surface area contributed by atoms with Crippen LogP contribution in [0.1, 0.15) is 18.1 Å². The van der Waals surface area contributed by atoms with Crippen molar-refractivity contribution in [3.05, 3.63) is 82.5 Å². The zero-order valence-corrected chi connectivity index (χ0v) is 22.3. The Labute approximate surface area is 228 Å². The van der Waals surface area contributed by atoms with Gasteiger partial charge in [-0.2, -0.15) is 0 Å². The molecule has 2 N–H and O–H groups in total. The highest BCUT2D eigenvalue weighted by atomic mass is 32.2. The number of rotatable bonds is 12. The first-order valence-electron chi connectivity index (χ1n) is 11.8. The summed E-state index contributed by atoms with van der Waals surface area (Å²) in [7, 11) is 3.09. The van der Waals surface area contributed by atoms with Gasteiger partial charge < -0.3 is 24.1 Å². The monoisotopic (exact) mass is 551 g/mol. The predicted octanol–water partition coefficient (Wildman–Crippen LogP) is 5.82. The zero-order valence-electron chi connectivity index (χ0n) is 21.4. The topological polar surface area (TPSA) is 116 Å². The van der Waals surface area contributed by atoms with E-state index in [0.29, 0.717) is 46.6 Å². The van der Waals surface area contributed by atoms with Crippen LogP contribution in [0.5, 0.6) is 23.0 Å². The lowest BCUT2D eigenvalue weighted by atomic mass is 10.2. The molecular weight excluding hydrogens is 525 g/mol. The molecule has 0 amide bonds. The SMILES string of the molecule is CCOc1cc(/C=C(\Sc2n[nH]c(-c3cc(OC)cc(OC)c3)n2)C(=O)O)ccc1OCc1ccc(F)cc1. The summed E-state index contributed by atoms with van der Waals surface area (Å²) in [6, 6.07) is 16.4. The van der Waals surface area contributed by atoms with Gasteiger partial charge in [0.25, 0.3) is 0 Å². The van der Waals surface area contributed by atoms with Gasteiger partial charge >= 0.3 is 5.97 Å². The summed E-state index contributed by atoms with van der Waals surface area (Å²) in [6.07, 6.45) is 1.50. The standard InChI is InChI=1S/C28H26FN3O6S/c1-4-37-24-11-18(7-10-23(24)38-16-17-5-8-20(29)9-6-17)12-25(27(33)34)39-28-30-26(31-32-28)19-13-21(35-2)15-22(14-19)36-3/h5-15H,4,16H2,1-3H3,(H,33,34)(H,30,31,32)/b25-12-. The van der Waals surface area contributed by atoms with E-state index in [9.17, 15) is 14.3 Å². The number of aromatic amines is 1. The fourth-order valence-corrected chi connectivity index (χ4v) is 4.20. The number of aromatic nitrogens is 3. The molecule has 0 saturated carbocycles. The van der Waals surface area contributed by atoms with Gasteiger partial charge in [-0.25, -0.2) is 14.2 Å². The largest absolute Gasteiger partial charge is 0.497 e. The number of hydrogen-bond acceptors (Lipinski definition) is 8. The van der Waals surface area contributed by atoms with Crippen molar-refractivity contribution in [3.63, 3.8) is 0 Å². The molecule has 0 fully saturated rings. The minimum atomic E-state index is -1.14. The van der Waals surface area contributed by atoms with Crippen molar-refractivity contribution in [1.29, 1.82) is 0 Å². The molecule has 0 saturated heterocycles. The highest BCUT2D eigenvalue weighted by Crippen LogP contribution is 2.33. The van der Waals surface area contributed by atoms with E-state index in [-0.39, 0.29) is 22.5 Å². The van der Waals surface area contributed by atoms with Crippen LogP contribution in [0.2, 0.25) is 0 Å². The molecule has 1 aromatic heterocycles. The van der Waals surface area contributed by atoms with Crippen molar-refractivity contribution in [2.24, 2.45) is 0 Å². The number of nitrogens with one attached hydrogen (secondary N) is 1. The van der Waals surface area contributed by atoms with E-state index in [4.69, 9.17) is 18.9 Å². The Kier molecular flexibility index (Phi) is 9.06. The lowest BCUT2D eigenvalue weighted by molar-refractivity contribution is -0.131. The van der Waals surface area contributed by atoms with Crippen molar-refractivity contribution in [2.45, 2.75) is 18.7 Å². The third kappa shape index (κ3) is 7.29. The number of carboxylic acids is 1. The molecule has 9 nitrogen and oxygen atoms in total. The lowest BCUT2D eigenvalue weighted by Gasteiger charge is -2.13. The van der Waals surface area contributed by atoms with Gasteiger partial charge in [-0.1, -0.05) is 18.2 Å². The second kappa shape index (κ2) is 12.8. The maximum atomic E-state index is 13.2. The summed E-state index contributed by atoms with van der Waals surface area (Å²) >= 11 is 0.902. The minimum absolute atomic E-state index is 0.00574. The van der Waals surface area contributed by atoms with Crippen LogP contribution < -0.4 is 18.9 Å². The second-order valence-corrected chi connectivity index (χ2v) is 9.05. The van der Waals surface area contributed by atoms with Crippen molar-refractivity contribution in [3.8, 4) is 34.4 Å². The lowest BCUT2D eigenvalue weighted by Crippen LogP contribution is -2.01. The summed E-state index contributed by atoms with van der Waals surface area (Å²) < 4.78 is 35.3. The van der Waals surface area contributed by atoms with Gasteiger partial charge in [0.1, 0.15) is 28.8 Å². The van der Waals surface area contributed by atoms with Crippen LogP contribution in [-0.4, -0.2) is 47.1 Å². The molecule has 0 atom stereocenters. The number of benzene rings is 3. The first kappa shape index (κ1) is 27.5. The van der Waals surface area contributed by atoms with E-state index in [2.05, 4.69) is 15.2 Å². The number of methoxy groups -OCH3 is 2. The molecule has 11 heteroatoms. The molecule has 1 heterocycles. The molecule has 0 aliphatic rings. The maximum Gasteiger partial charge on any atom is 0.342 e. The number of carboxylic acid groups (broad SMARTS) is 1. The highest BCUT2D eigenvalue weighted by Gasteiger charge is 2.16. The number of halogens is 1. The number of ether oxygens (including phenoxy) is 4. The Bertz CT molecular complexity index is 1450. The molecule has 3 aromatic carbocycles. The van der Waals surface area contributed by atoms with E-state index in [1.165, 1.54) is 18.2 Å². The normalized spacial score (nSPS) is 11.2. The van der Waals surface area contributed by atoms with Crippen molar-refractivity contribution in [1.82, 2.24) is 15.2 Å². The van der Waals surface area contributed by atoms with Gasteiger partial charge in [0.2, 0.25) is 5.16 Å². The molecule has 0 aliphatic heterocycles. The van der Waals surface area contributed by atoms with Crippen molar-refractivity contribution >= 4 is 23.8 Å². The average molecular weight is 552 g/mol. The van der Waals surface area contributed by atoms with Crippen molar-refractivity contribution < 1.29 is 33.2 Å². The van der Waals surface area contributed by atoms with Crippen LogP contribution in [0.3, 0.4) is 0 Å². The Morgan fingerprint density at radius 1 is 1.00 bits per heavy atom. The Hall–Kier alpha value is -4.51. The Morgan fingerprint density at radius 2 is 1.72 bits per heavy atom. The van der Waals surface area contributed by atoms with E-state index in [0.717, 1.165) is 17.3 Å². The fourth-order valence-electron chi connectivity index (χ4n) is 3.49. The smallest absolute Gasteiger partial charge is 0.342 e.